The second-order valence-corrected chi connectivity index (χ2v) is 4.29. The minimum Gasteiger partial charge on any atom is -0.494 e. The fourth-order valence-corrected chi connectivity index (χ4v) is 1.43. The zero-order chi connectivity index (χ0) is 12.1. The molecule has 0 saturated carbocycles. The van der Waals surface area contributed by atoms with Crippen LogP contribution in [0.3, 0.4) is 0 Å². The van der Waals surface area contributed by atoms with Crippen molar-refractivity contribution in [2.45, 2.75) is 26.3 Å². The predicted molar refractivity (Wildman–Crippen MR) is 64.4 cm³/mol. The van der Waals surface area contributed by atoms with Crippen LogP contribution in [0.5, 0.6) is 5.75 Å². The Balaban J connectivity index is 2.58. The molecule has 1 rings (SSSR count). The maximum atomic E-state index is 13.4. The molecule has 1 aromatic carbocycles. The highest BCUT2D eigenvalue weighted by atomic mass is 19.1. The fourth-order valence-electron chi connectivity index (χ4n) is 1.43. The Labute approximate surface area is 97.0 Å². The van der Waals surface area contributed by atoms with E-state index in [2.05, 4.69) is 25.8 Å². The molecular weight excluding hydrogens is 205 g/mol. The summed E-state index contributed by atoms with van der Waals surface area (Å²) in [4.78, 5) is 2.24. The van der Waals surface area contributed by atoms with Crippen LogP contribution < -0.4 is 4.74 Å². The highest BCUT2D eigenvalue weighted by molar-refractivity contribution is 5.29. The van der Waals surface area contributed by atoms with Gasteiger partial charge in [0.1, 0.15) is 0 Å². The summed E-state index contributed by atoms with van der Waals surface area (Å²) in [5.74, 6) is 0.0214. The average molecular weight is 225 g/mol. The first kappa shape index (κ1) is 13.0. The predicted octanol–water partition coefficient (Wildman–Crippen LogP) is 2.72. The molecule has 0 atom stereocenters. The summed E-state index contributed by atoms with van der Waals surface area (Å²) in [5, 5.41) is 0. The molecule has 0 aromatic heterocycles. The maximum absolute atomic E-state index is 13.4. The van der Waals surface area contributed by atoms with E-state index in [1.165, 1.54) is 7.11 Å². The standard InChI is InChI=1S/C13H20FNO/c1-10(2)15(3)8-7-11-5-6-13(16-4)12(14)9-11/h5-6,9-10H,7-8H2,1-4H3. The van der Waals surface area contributed by atoms with Gasteiger partial charge in [0.05, 0.1) is 7.11 Å². The molecule has 1 aromatic rings. The first-order valence-corrected chi connectivity index (χ1v) is 5.57. The second-order valence-electron chi connectivity index (χ2n) is 4.29. The first-order valence-electron chi connectivity index (χ1n) is 5.57. The molecule has 0 radical (unpaired) electrons. The molecule has 0 aliphatic heterocycles. The lowest BCUT2D eigenvalue weighted by Crippen LogP contribution is -2.28. The van der Waals surface area contributed by atoms with Crippen LogP contribution >= 0.6 is 0 Å². The van der Waals surface area contributed by atoms with Crippen molar-refractivity contribution >= 4 is 0 Å². The van der Waals surface area contributed by atoms with E-state index in [-0.39, 0.29) is 5.82 Å². The first-order chi connectivity index (χ1) is 7.54. The quantitative estimate of drug-likeness (QED) is 0.764. The van der Waals surface area contributed by atoms with Gasteiger partial charge in [-0.2, -0.15) is 0 Å². The molecule has 0 fully saturated rings. The van der Waals surface area contributed by atoms with Gasteiger partial charge in [0.2, 0.25) is 0 Å². The van der Waals surface area contributed by atoms with Gasteiger partial charge < -0.3 is 9.64 Å². The summed E-state index contributed by atoms with van der Waals surface area (Å²) < 4.78 is 18.3. The number of hydrogen-bond acceptors (Lipinski definition) is 2. The van der Waals surface area contributed by atoms with Crippen molar-refractivity contribution in [1.29, 1.82) is 0 Å². The lowest BCUT2D eigenvalue weighted by Gasteiger charge is -2.20. The fraction of sp³-hybridized carbons (Fsp3) is 0.538. The topological polar surface area (TPSA) is 12.5 Å². The molecule has 0 spiro atoms. The van der Waals surface area contributed by atoms with Gasteiger partial charge in [-0.25, -0.2) is 4.39 Å². The van der Waals surface area contributed by atoms with Gasteiger partial charge in [-0.3, -0.25) is 0 Å². The van der Waals surface area contributed by atoms with Crippen LogP contribution in [0.2, 0.25) is 0 Å². The van der Waals surface area contributed by atoms with Gasteiger partial charge in [0.15, 0.2) is 11.6 Å². The minimum atomic E-state index is -0.285. The van der Waals surface area contributed by atoms with Crippen LogP contribution in [-0.4, -0.2) is 31.6 Å². The van der Waals surface area contributed by atoms with Crippen LogP contribution in [-0.2, 0) is 6.42 Å². The number of hydrogen-bond donors (Lipinski definition) is 0. The highest BCUT2D eigenvalue weighted by Gasteiger charge is 2.06. The minimum absolute atomic E-state index is 0.285. The summed E-state index contributed by atoms with van der Waals surface area (Å²) in [7, 11) is 3.55. The number of likely N-dealkylation sites (N-methyl/N-ethyl adjacent to an activating group) is 1. The summed E-state index contributed by atoms with van der Waals surface area (Å²) in [5.41, 5.74) is 1.01. The van der Waals surface area contributed by atoms with Crippen molar-refractivity contribution < 1.29 is 9.13 Å². The highest BCUT2D eigenvalue weighted by Crippen LogP contribution is 2.18. The molecule has 0 unspecified atom stereocenters. The van der Waals surface area contributed by atoms with Crippen LogP contribution in [0, 0.1) is 5.82 Å². The third kappa shape index (κ3) is 3.49. The third-order valence-electron chi connectivity index (χ3n) is 2.85. The van der Waals surface area contributed by atoms with Gasteiger partial charge in [0.25, 0.3) is 0 Å². The van der Waals surface area contributed by atoms with Crippen LogP contribution in [0.25, 0.3) is 0 Å². The van der Waals surface area contributed by atoms with Crippen LogP contribution in [0.4, 0.5) is 4.39 Å². The van der Waals surface area contributed by atoms with Gasteiger partial charge >= 0.3 is 0 Å². The molecule has 0 amide bonds. The third-order valence-corrected chi connectivity index (χ3v) is 2.85. The molecule has 2 nitrogen and oxygen atoms in total. The zero-order valence-corrected chi connectivity index (χ0v) is 10.5. The zero-order valence-electron chi connectivity index (χ0n) is 10.5. The Hall–Kier alpha value is -1.09. The van der Waals surface area contributed by atoms with Crippen LogP contribution in [0.1, 0.15) is 19.4 Å². The summed E-state index contributed by atoms with van der Waals surface area (Å²) in [6.45, 7) is 5.23. The molecule has 0 saturated heterocycles. The largest absolute Gasteiger partial charge is 0.494 e. The van der Waals surface area contributed by atoms with Gasteiger partial charge in [0, 0.05) is 12.6 Å². The number of rotatable bonds is 5. The van der Waals surface area contributed by atoms with E-state index in [9.17, 15) is 4.39 Å². The lowest BCUT2D eigenvalue weighted by atomic mass is 10.1. The Kier molecular flexibility index (Phi) is 4.74. The number of halogens is 1. The van der Waals surface area contributed by atoms with E-state index in [1.807, 2.05) is 6.07 Å². The SMILES string of the molecule is COc1ccc(CCN(C)C(C)C)cc1F. The van der Waals surface area contributed by atoms with Gasteiger partial charge in [-0.05, 0) is 45.0 Å². The number of benzene rings is 1. The van der Waals surface area contributed by atoms with Crippen molar-refractivity contribution in [3.05, 3.63) is 29.6 Å². The van der Waals surface area contributed by atoms with E-state index < -0.39 is 0 Å². The van der Waals surface area contributed by atoms with Crippen molar-refractivity contribution in [3.63, 3.8) is 0 Å². The van der Waals surface area contributed by atoms with E-state index >= 15 is 0 Å². The van der Waals surface area contributed by atoms with Crippen molar-refractivity contribution in [3.8, 4) is 5.75 Å². The normalized spacial score (nSPS) is 11.2. The van der Waals surface area contributed by atoms with Crippen molar-refractivity contribution in [2.75, 3.05) is 20.7 Å². The number of ether oxygens (including phenoxy) is 1. The molecule has 16 heavy (non-hydrogen) atoms. The molecule has 0 aliphatic carbocycles. The summed E-state index contributed by atoms with van der Waals surface area (Å²) in [6, 6.07) is 5.66. The molecule has 90 valence electrons. The lowest BCUT2D eigenvalue weighted by molar-refractivity contribution is 0.277. The van der Waals surface area contributed by atoms with Gasteiger partial charge in [-0.1, -0.05) is 6.07 Å². The van der Waals surface area contributed by atoms with E-state index in [4.69, 9.17) is 4.74 Å². The monoisotopic (exact) mass is 225 g/mol. The number of nitrogens with zero attached hydrogens (tertiary/aromatic N) is 1. The Morgan fingerprint density at radius 2 is 2.06 bits per heavy atom. The van der Waals surface area contributed by atoms with Crippen molar-refractivity contribution in [2.24, 2.45) is 0 Å². The molecule has 0 N–H and O–H groups in total. The second kappa shape index (κ2) is 5.85. The van der Waals surface area contributed by atoms with E-state index in [1.54, 1.807) is 12.1 Å². The Morgan fingerprint density at radius 1 is 1.38 bits per heavy atom. The number of methoxy groups -OCH3 is 1. The van der Waals surface area contributed by atoms with Crippen molar-refractivity contribution in [1.82, 2.24) is 4.90 Å². The molecule has 0 heterocycles. The molecular formula is C13H20FNO. The average Bonchev–Trinajstić information content (AvgIpc) is 2.25. The smallest absolute Gasteiger partial charge is 0.165 e. The summed E-state index contributed by atoms with van der Waals surface area (Å²) >= 11 is 0. The molecule has 0 aliphatic rings. The molecule has 0 bridgehead atoms. The molecule has 3 heteroatoms. The van der Waals surface area contributed by atoms with Crippen LogP contribution in [0.15, 0.2) is 18.2 Å². The van der Waals surface area contributed by atoms with E-state index in [0.717, 1.165) is 18.5 Å². The Bertz CT molecular complexity index is 339. The maximum Gasteiger partial charge on any atom is 0.165 e. The van der Waals surface area contributed by atoms with E-state index in [0.29, 0.717) is 11.8 Å². The summed E-state index contributed by atoms with van der Waals surface area (Å²) in [6.07, 6.45) is 0.857. The van der Waals surface area contributed by atoms with Gasteiger partial charge in [-0.15, -0.1) is 0 Å². The Morgan fingerprint density at radius 3 is 2.56 bits per heavy atom.